The van der Waals surface area contributed by atoms with Crippen LogP contribution in [0.4, 0.5) is 0 Å². The van der Waals surface area contributed by atoms with E-state index in [4.69, 9.17) is 5.11 Å². The fourth-order valence-corrected chi connectivity index (χ4v) is 1.77. The van der Waals surface area contributed by atoms with Gasteiger partial charge in [-0.3, -0.25) is 0 Å². The number of hydrogen-bond acceptors (Lipinski definition) is 2. The highest BCUT2D eigenvalue weighted by molar-refractivity contribution is 4.82. The molecule has 1 atom stereocenters. The van der Waals surface area contributed by atoms with Crippen molar-refractivity contribution in [2.75, 3.05) is 26.2 Å². The fraction of sp³-hybridized carbons (Fsp3) is 0.923. The summed E-state index contributed by atoms with van der Waals surface area (Å²) in [7, 11) is 0. The van der Waals surface area contributed by atoms with E-state index in [1.165, 1.54) is 31.7 Å². The van der Waals surface area contributed by atoms with Crippen molar-refractivity contribution in [2.24, 2.45) is 5.92 Å². The summed E-state index contributed by atoms with van der Waals surface area (Å²) in [6, 6.07) is 0. The number of aliphatic hydroxyl groups is 1. The Morgan fingerprint density at radius 2 is 1.93 bits per heavy atom. The number of nitrogens with zero attached hydrogens (tertiary/aromatic N) is 1. The zero-order valence-corrected chi connectivity index (χ0v) is 10.9. The average Bonchev–Trinajstić information content (AvgIpc) is 2.17. The van der Waals surface area contributed by atoms with Crippen LogP contribution in [0.2, 0.25) is 0 Å². The summed E-state index contributed by atoms with van der Waals surface area (Å²) in [5.74, 6) is 1.85. The van der Waals surface area contributed by atoms with Crippen molar-refractivity contribution in [1.29, 1.82) is 0 Å². The van der Waals surface area contributed by atoms with Gasteiger partial charge in [0.25, 0.3) is 0 Å². The number of hydrogen-bond donors (Lipinski definition) is 1. The molecular formula is C13H28NO. The first kappa shape index (κ1) is 14.9. The molecule has 0 fully saturated rings. The van der Waals surface area contributed by atoms with Crippen LogP contribution in [0, 0.1) is 11.8 Å². The summed E-state index contributed by atoms with van der Waals surface area (Å²) in [5.41, 5.74) is 0. The van der Waals surface area contributed by atoms with Crippen LogP contribution >= 0.6 is 0 Å². The highest BCUT2D eigenvalue weighted by Gasteiger charge is 2.10. The van der Waals surface area contributed by atoms with E-state index >= 15 is 0 Å². The summed E-state index contributed by atoms with van der Waals surface area (Å²) in [6.07, 6.45) is 3.87. The lowest BCUT2D eigenvalue weighted by Gasteiger charge is -2.26. The Labute approximate surface area is 95.7 Å². The van der Waals surface area contributed by atoms with Gasteiger partial charge in [0.1, 0.15) is 0 Å². The third-order valence-electron chi connectivity index (χ3n) is 2.50. The molecule has 2 heteroatoms. The molecule has 2 nitrogen and oxygen atoms in total. The van der Waals surface area contributed by atoms with Crippen LogP contribution < -0.4 is 0 Å². The maximum atomic E-state index is 9.06. The molecule has 1 N–H and O–H groups in total. The molecule has 0 heterocycles. The maximum absolute atomic E-state index is 9.06. The van der Waals surface area contributed by atoms with Crippen molar-refractivity contribution in [3.8, 4) is 0 Å². The normalized spacial score (nSPS) is 13.8. The standard InChI is InChI=1S/C13H28NO/c1-5-6-7-8-14(9-12(2)3)10-13(4)11-15/h13,15H,5-11H2,1-4H3. The Morgan fingerprint density at radius 3 is 2.40 bits per heavy atom. The van der Waals surface area contributed by atoms with Crippen LogP contribution in [0.25, 0.3) is 0 Å². The Kier molecular flexibility index (Phi) is 9.12. The van der Waals surface area contributed by atoms with Gasteiger partial charge in [0.2, 0.25) is 0 Å². The van der Waals surface area contributed by atoms with Crippen molar-refractivity contribution in [1.82, 2.24) is 4.90 Å². The minimum Gasteiger partial charge on any atom is -0.396 e. The van der Waals surface area contributed by atoms with E-state index in [0.717, 1.165) is 13.1 Å². The summed E-state index contributed by atoms with van der Waals surface area (Å²) >= 11 is 0. The molecule has 0 bridgehead atoms. The Bertz CT molecular complexity index is 136. The zero-order valence-electron chi connectivity index (χ0n) is 10.9. The van der Waals surface area contributed by atoms with Crippen molar-refractivity contribution in [3.63, 3.8) is 0 Å². The van der Waals surface area contributed by atoms with Crippen molar-refractivity contribution in [2.45, 2.75) is 47.0 Å². The number of rotatable bonds is 9. The average molecular weight is 214 g/mol. The predicted octanol–water partition coefficient (Wildman–Crippen LogP) is 2.72. The number of aliphatic hydroxyl groups excluding tert-OH is 1. The van der Waals surface area contributed by atoms with Crippen LogP contribution in [0.15, 0.2) is 0 Å². The molecule has 0 aliphatic heterocycles. The molecule has 91 valence electrons. The minimum absolute atomic E-state index is 0.299. The van der Waals surface area contributed by atoms with Gasteiger partial charge in [-0.2, -0.15) is 0 Å². The topological polar surface area (TPSA) is 23.5 Å². The molecule has 0 spiro atoms. The lowest BCUT2D eigenvalue weighted by Crippen LogP contribution is -2.33. The summed E-state index contributed by atoms with van der Waals surface area (Å²) in [6.45, 7) is 12.3. The van der Waals surface area contributed by atoms with Gasteiger partial charge in [-0.15, -0.1) is 0 Å². The first-order valence-corrected chi connectivity index (χ1v) is 6.22. The maximum Gasteiger partial charge on any atom is 0.0468 e. The van der Waals surface area contributed by atoms with Gasteiger partial charge in [0, 0.05) is 19.7 Å². The van der Waals surface area contributed by atoms with Gasteiger partial charge < -0.3 is 10.0 Å². The second-order valence-electron chi connectivity index (χ2n) is 4.94. The lowest BCUT2D eigenvalue weighted by molar-refractivity contribution is 0.174. The van der Waals surface area contributed by atoms with Crippen LogP contribution in [-0.2, 0) is 0 Å². The van der Waals surface area contributed by atoms with Crippen LogP contribution in [0.1, 0.15) is 47.0 Å². The van der Waals surface area contributed by atoms with Gasteiger partial charge in [0.15, 0.2) is 0 Å². The van der Waals surface area contributed by atoms with Crippen LogP contribution in [0.3, 0.4) is 0 Å². The van der Waals surface area contributed by atoms with Crippen molar-refractivity contribution < 1.29 is 5.11 Å². The lowest BCUT2D eigenvalue weighted by atomic mass is 10.1. The second kappa shape index (κ2) is 9.17. The van der Waals surface area contributed by atoms with E-state index < -0.39 is 0 Å². The van der Waals surface area contributed by atoms with Crippen molar-refractivity contribution >= 4 is 0 Å². The van der Waals surface area contributed by atoms with Gasteiger partial charge >= 0.3 is 0 Å². The third kappa shape index (κ3) is 8.88. The van der Waals surface area contributed by atoms with E-state index in [1.54, 1.807) is 0 Å². The minimum atomic E-state index is 0.299. The first-order chi connectivity index (χ1) is 7.10. The molecule has 0 aromatic heterocycles. The van der Waals surface area contributed by atoms with E-state index in [1.807, 2.05) is 0 Å². The number of unbranched alkanes of at least 4 members (excludes halogenated alkanes) is 2. The molecule has 0 aliphatic carbocycles. The molecule has 0 aromatic rings. The van der Waals surface area contributed by atoms with E-state index in [0.29, 0.717) is 12.5 Å². The molecule has 0 saturated heterocycles. The van der Waals surface area contributed by atoms with E-state index in [9.17, 15) is 0 Å². The van der Waals surface area contributed by atoms with Gasteiger partial charge in [-0.25, -0.2) is 0 Å². The molecular weight excluding hydrogens is 186 g/mol. The van der Waals surface area contributed by atoms with Gasteiger partial charge in [-0.05, 0) is 24.8 Å². The molecule has 0 aliphatic rings. The third-order valence-corrected chi connectivity index (χ3v) is 2.50. The monoisotopic (exact) mass is 214 g/mol. The summed E-state index contributed by atoms with van der Waals surface area (Å²) < 4.78 is 0. The largest absolute Gasteiger partial charge is 0.396 e. The van der Waals surface area contributed by atoms with E-state index in [-0.39, 0.29) is 0 Å². The summed E-state index contributed by atoms with van der Waals surface area (Å²) in [4.78, 5) is 2.46. The predicted molar refractivity (Wildman–Crippen MR) is 66.8 cm³/mol. The Hall–Kier alpha value is -0.0800. The Balaban J connectivity index is 3.83. The molecule has 0 amide bonds. The molecule has 15 heavy (non-hydrogen) atoms. The van der Waals surface area contributed by atoms with Crippen LogP contribution in [0.5, 0.6) is 0 Å². The SMILES string of the molecule is CCCCCN(C[C](C)C)CC(C)CO. The second-order valence-corrected chi connectivity index (χ2v) is 4.94. The molecule has 0 saturated carbocycles. The zero-order chi connectivity index (χ0) is 11.7. The molecule has 1 radical (unpaired) electrons. The van der Waals surface area contributed by atoms with Crippen LogP contribution in [-0.4, -0.2) is 36.2 Å². The molecule has 1 unspecified atom stereocenters. The highest BCUT2D eigenvalue weighted by Crippen LogP contribution is 2.07. The molecule has 0 rings (SSSR count). The van der Waals surface area contributed by atoms with Gasteiger partial charge in [0.05, 0.1) is 0 Å². The fourth-order valence-electron chi connectivity index (χ4n) is 1.77. The van der Waals surface area contributed by atoms with Gasteiger partial charge in [-0.1, -0.05) is 40.5 Å². The highest BCUT2D eigenvalue weighted by atomic mass is 16.3. The first-order valence-electron chi connectivity index (χ1n) is 6.22. The summed E-state index contributed by atoms with van der Waals surface area (Å²) in [5, 5.41) is 9.06. The smallest absolute Gasteiger partial charge is 0.0468 e. The quantitative estimate of drug-likeness (QED) is 0.597. The Morgan fingerprint density at radius 1 is 1.27 bits per heavy atom. The van der Waals surface area contributed by atoms with Crippen molar-refractivity contribution in [3.05, 3.63) is 5.92 Å². The molecule has 0 aromatic carbocycles. The van der Waals surface area contributed by atoms with E-state index in [2.05, 4.69) is 32.6 Å².